The van der Waals surface area contributed by atoms with E-state index in [9.17, 15) is 18.3 Å². The van der Waals surface area contributed by atoms with Gasteiger partial charge in [0, 0.05) is 18.7 Å². The molecule has 0 saturated heterocycles. The molecule has 2 N–H and O–H groups in total. The zero-order chi connectivity index (χ0) is 26.8. The molecule has 37 heavy (non-hydrogen) atoms. The first-order chi connectivity index (χ1) is 17.7. The van der Waals surface area contributed by atoms with Gasteiger partial charge in [0.25, 0.3) is 0 Å². The fourth-order valence-corrected chi connectivity index (χ4v) is 5.40. The van der Waals surface area contributed by atoms with Crippen molar-refractivity contribution in [2.75, 3.05) is 20.2 Å². The SMILES string of the molecule is COc1ccc(S(=O)(=O)N(CC(C)C)C[C@@H](O)[C@H](Cc2ccccc2)NC(=O)OCc2ccoc2)cc1. The second-order valence-corrected chi connectivity index (χ2v) is 11.0. The summed E-state index contributed by atoms with van der Waals surface area (Å²) in [5.41, 5.74) is 1.55. The van der Waals surface area contributed by atoms with Gasteiger partial charge in [0.05, 0.1) is 36.7 Å². The molecule has 0 unspecified atom stereocenters. The number of aliphatic hydroxyl groups is 1. The van der Waals surface area contributed by atoms with Crippen LogP contribution < -0.4 is 10.1 Å². The number of ether oxygens (including phenoxy) is 2. The molecule has 0 aliphatic rings. The van der Waals surface area contributed by atoms with Crippen molar-refractivity contribution < 1.29 is 32.2 Å². The lowest BCUT2D eigenvalue weighted by molar-refractivity contribution is 0.0872. The van der Waals surface area contributed by atoms with Gasteiger partial charge in [0.2, 0.25) is 10.0 Å². The average molecular weight is 531 g/mol. The van der Waals surface area contributed by atoms with E-state index in [1.807, 2.05) is 44.2 Å². The molecule has 0 radical (unpaired) electrons. The Hall–Kier alpha value is -3.34. The topological polar surface area (TPSA) is 118 Å². The van der Waals surface area contributed by atoms with Gasteiger partial charge in [-0.1, -0.05) is 44.2 Å². The lowest BCUT2D eigenvalue weighted by Gasteiger charge is -2.30. The molecule has 0 spiro atoms. The molecule has 2 aromatic carbocycles. The summed E-state index contributed by atoms with van der Waals surface area (Å²) in [6.45, 7) is 3.77. The first-order valence-corrected chi connectivity index (χ1v) is 13.4. The van der Waals surface area contributed by atoms with Gasteiger partial charge in [-0.05, 0) is 48.2 Å². The third-order valence-corrected chi connectivity index (χ3v) is 7.52. The van der Waals surface area contributed by atoms with Gasteiger partial charge in [-0.25, -0.2) is 13.2 Å². The van der Waals surface area contributed by atoms with Gasteiger partial charge in [-0.3, -0.25) is 0 Å². The van der Waals surface area contributed by atoms with Gasteiger partial charge < -0.3 is 24.3 Å². The Morgan fingerprint density at radius 3 is 2.32 bits per heavy atom. The van der Waals surface area contributed by atoms with Crippen LogP contribution in [0.1, 0.15) is 25.0 Å². The summed E-state index contributed by atoms with van der Waals surface area (Å²) in [7, 11) is -2.42. The zero-order valence-corrected chi connectivity index (χ0v) is 22.1. The number of hydrogen-bond acceptors (Lipinski definition) is 7. The fraction of sp³-hybridized carbons (Fsp3) is 0.370. The molecule has 1 aromatic heterocycles. The molecule has 0 aliphatic carbocycles. The highest BCUT2D eigenvalue weighted by molar-refractivity contribution is 7.89. The number of benzene rings is 2. The first-order valence-electron chi connectivity index (χ1n) is 12.0. The minimum atomic E-state index is -3.93. The Morgan fingerprint density at radius 1 is 1.03 bits per heavy atom. The van der Waals surface area contributed by atoms with Crippen LogP contribution in [0, 0.1) is 5.92 Å². The van der Waals surface area contributed by atoms with E-state index in [2.05, 4.69) is 5.32 Å². The van der Waals surface area contributed by atoms with Crippen LogP contribution in [0.5, 0.6) is 5.75 Å². The molecule has 2 atom stereocenters. The predicted octanol–water partition coefficient (Wildman–Crippen LogP) is 3.83. The minimum absolute atomic E-state index is 0.000631. The smallest absolute Gasteiger partial charge is 0.407 e. The molecule has 9 nitrogen and oxygen atoms in total. The highest BCUT2D eigenvalue weighted by Crippen LogP contribution is 2.22. The average Bonchev–Trinajstić information content (AvgIpc) is 3.41. The lowest BCUT2D eigenvalue weighted by atomic mass is 10.0. The second kappa shape index (κ2) is 13.3. The third-order valence-electron chi connectivity index (χ3n) is 5.67. The van der Waals surface area contributed by atoms with Crippen LogP contribution in [0.2, 0.25) is 0 Å². The third kappa shape index (κ3) is 8.34. The Morgan fingerprint density at radius 2 is 1.73 bits per heavy atom. The highest BCUT2D eigenvalue weighted by atomic mass is 32.2. The van der Waals surface area contributed by atoms with E-state index in [0.717, 1.165) is 5.56 Å². The molecule has 3 rings (SSSR count). The van der Waals surface area contributed by atoms with E-state index in [4.69, 9.17) is 13.9 Å². The number of methoxy groups -OCH3 is 1. The van der Waals surface area contributed by atoms with Crippen LogP contribution in [0.4, 0.5) is 4.79 Å². The number of hydrogen-bond donors (Lipinski definition) is 2. The maximum Gasteiger partial charge on any atom is 0.407 e. The summed E-state index contributed by atoms with van der Waals surface area (Å²) < 4.78 is 43.6. The summed E-state index contributed by atoms with van der Waals surface area (Å²) in [5, 5.41) is 13.9. The summed E-state index contributed by atoms with van der Waals surface area (Å²) in [4.78, 5) is 12.7. The summed E-state index contributed by atoms with van der Waals surface area (Å²) in [6.07, 6.45) is 1.28. The molecule has 1 amide bonds. The van der Waals surface area contributed by atoms with Crippen LogP contribution in [-0.2, 0) is 27.8 Å². The van der Waals surface area contributed by atoms with Crippen molar-refractivity contribution in [1.82, 2.24) is 9.62 Å². The minimum Gasteiger partial charge on any atom is -0.497 e. The Balaban J connectivity index is 1.79. The van der Waals surface area contributed by atoms with Crippen LogP contribution in [0.15, 0.2) is 82.5 Å². The molecule has 200 valence electrons. The number of carbonyl (C=O) groups excluding carboxylic acids is 1. The maximum absolute atomic E-state index is 13.5. The zero-order valence-electron chi connectivity index (χ0n) is 21.2. The molecule has 0 fully saturated rings. The molecule has 10 heteroatoms. The number of nitrogens with zero attached hydrogens (tertiary/aromatic N) is 1. The van der Waals surface area contributed by atoms with Crippen LogP contribution in [0.3, 0.4) is 0 Å². The van der Waals surface area contributed by atoms with Crippen LogP contribution >= 0.6 is 0 Å². The van der Waals surface area contributed by atoms with Crippen molar-refractivity contribution in [1.29, 1.82) is 0 Å². The lowest BCUT2D eigenvalue weighted by Crippen LogP contribution is -2.51. The number of amides is 1. The predicted molar refractivity (Wildman–Crippen MR) is 139 cm³/mol. The molecule has 0 saturated carbocycles. The van der Waals surface area contributed by atoms with Crippen molar-refractivity contribution in [2.45, 2.75) is 43.9 Å². The largest absolute Gasteiger partial charge is 0.497 e. The maximum atomic E-state index is 13.5. The number of furan rings is 1. The van der Waals surface area contributed by atoms with Gasteiger partial charge in [0.1, 0.15) is 12.4 Å². The number of alkyl carbamates (subject to hydrolysis) is 1. The molecule has 3 aromatic rings. The Bertz CT molecular complexity index is 1200. The molecule has 0 bridgehead atoms. The first kappa shape index (κ1) is 28.2. The van der Waals surface area contributed by atoms with E-state index < -0.39 is 28.3 Å². The second-order valence-electron chi connectivity index (χ2n) is 9.11. The number of aliphatic hydroxyl groups excluding tert-OH is 1. The van der Waals surface area contributed by atoms with Gasteiger partial charge in [-0.2, -0.15) is 4.31 Å². The van der Waals surface area contributed by atoms with Crippen molar-refractivity contribution in [3.8, 4) is 5.75 Å². The van der Waals surface area contributed by atoms with E-state index in [0.29, 0.717) is 11.3 Å². The van der Waals surface area contributed by atoms with E-state index in [-0.39, 0.29) is 36.9 Å². The monoisotopic (exact) mass is 530 g/mol. The quantitative estimate of drug-likeness (QED) is 0.345. The number of rotatable bonds is 13. The number of carbonyl (C=O) groups is 1. The Labute approximate surface area is 218 Å². The van der Waals surface area contributed by atoms with Crippen molar-refractivity contribution in [3.05, 3.63) is 84.3 Å². The Kier molecular flexibility index (Phi) is 10.1. The summed E-state index contributed by atoms with van der Waals surface area (Å²) in [5.74, 6) is 0.538. The molecular formula is C27H34N2O7S. The summed E-state index contributed by atoms with van der Waals surface area (Å²) in [6, 6.07) is 16.3. The summed E-state index contributed by atoms with van der Waals surface area (Å²) >= 11 is 0. The van der Waals surface area contributed by atoms with Gasteiger partial charge >= 0.3 is 6.09 Å². The molecule has 0 aliphatic heterocycles. The van der Waals surface area contributed by atoms with Crippen molar-refractivity contribution >= 4 is 16.1 Å². The van der Waals surface area contributed by atoms with Crippen LogP contribution in [-0.4, -0.2) is 56.3 Å². The molecular weight excluding hydrogens is 496 g/mol. The van der Waals surface area contributed by atoms with Crippen molar-refractivity contribution in [3.63, 3.8) is 0 Å². The fourth-order valence-electron chi connectivity index (χ4n) is 3.78. The standard InChI is InChI=1S/C27H34N2O7S/c1-20(2)16-29(37(32,33)24-11-9-23(34-3)10-12-24)17-26(30)25(15-21-7-5-4-6-8-21)28-27(31)36-19-22-13-14-35-18-22/h4-14,18,20,25-26,30H,15-17,19H2,1-3H3,(H,28,31)/t25-,26+/m0/s1. The van der Waals surface area contributed by atoms with Gasteiger partial charge in [0.15, 0.2) is 0 Å². The number of sulfonamides is 1. The highest BCUT2D eigenvalue weighted by Gasteiger charge is 2.31. The normalized spacial score (nSPS) is 13.4. The van der Waals surface area contributed by atoms with Gasteiger partial charge in [-0.15, -0.1) is 0 Å². The van der Waals surface area contributed by atoms with E-state index >= 15 is 0 Å². The van der Waals surface area contributed by atoms with E-state index in [1.54, 1.807) is 18.2 Å². The van der Waals surface area contributed by atoms with Crippen molar-refractivity contribution in [2.24, 2.45) is 5.92 Å². The molecule has 1 heterocycles. The number of nitrogens with one attached hydrogen (secondary N) is 1. The van der Waals surface area contributed by atoms with E-state index in [1.165, 1.54) is 36.1 Å². The van der Waals surface area contributed by atoms with Crippen LogP contribution in [0.25, 0.3) is 0 Å².